The summed E-state index contributed by atoms with van der Waals surface area (Å²) in [5, 5.41) is 12.6. The first-order valence-electron chi connectivity index (χ1n) is 8.41. The fraction of sp³-hybridized carbons (Fsp3) is 0.588. The molecule has 2 saturated carbocycles. The second-order valence-electron chi connectivity index (χ2n) is 7.06. The van der Waals surface area contributed by atoms with Crippen molar-refractivity contribution < 1.29 is 14.5 Å². The summed E-state index contributed by atoms with van der Waals surface area (Å²) < 4.78 is 5.16. The van der Waals surface area contributed by atoms with Crippen LogP contribution in [0.2, 0.25) is 0 Å². The molecular weight excluding hydrogens is 277 g/mol. The third-order valence-electron chi connectivity index (χ3n) is 5.75. The lowest BCUT2D eigenvalue weighted by Crippen LogP contribution is -2.30. The third-order valence-corrected chi connectivity index (χ3v) is 5.75. The molecule has 2 aliphatic carbocycles. The van der Waals surface area contributed by atoms with Crippen molar-refractivity contribution in [2.75, 3.05) is 6.54 Å². The Hall–Kier alpha value is -1.33. The van der Waals surface area contributed by atoms with Crippen LogP contribution < -0.4 is 10.8 Å². The van der Waals surface area contributed by atoms with Crippen LogP contribution in [0.25, 0.3) is 0 Å². The molecule has 3 aliphatic rings. The zero-order valence-electron chi connectivity index (χ0n) is 12.8. The fourth-order valence-corrected chi connectivity index (χ4v) is 4.57. The molecule has 1 aliphatic heterocycles. The summed E-state index contributed by atoms with van der Waals surface area (Å²) in [7, 11) is -0.843. The maximum Gasteiger partial charge on any atom is 0.491 e. The van der Waals surface area contributed by atoms with Gasteiger partial charge in [0.25, 0.3) is 5.91 Å². The van der Waals surface area contributed by atoms with Gasteiger partial charge in [0, 0.05) is 12.1 Å². The van der Waals surface area contributed by atoms with Crippen LogP contribution in [0.1, 0.15) is 48.0 Å². The van der Waals surface area contributed by atoms with Crippen LogP contribution in [0.5, 0.6) is 0 Å². The summed E-state index contributed by atoms with van der Waals surface area (Å²) >= 11 is 0. The predicted molar refractivity (Wildman–Crippen MR) is 84.7 cm³/mol. The normalized spacial score (nSPS) is 29.0. The van der Waals surface area contributed by atoms with E-state index in [4.69, 9.17) is 4.65 Å². The van der Waals surface area contributed by atoms with Crippen molar-refractivity contribution in [2.45, 2.75) is 38.7 Å². The number of hydrogen-bond donors (Lipinski definition) is 2. The van der Waals surface area contributed by atoms with Crippen LogP contribution in [0.4, 0.5) is 0 Å². The van der Waals surface area contributed by atoms with E-state index in [-0.39, 0.29) is 5.91 Å². The molecule has 0 saturated heterocycles. The minimum absolute atomic E-state index is 0.0210. The second-order valence-corrected chi connectivity index (χ2v) is 7.06. The number of benzene rings is 1. The van der Waals surface area contributed by atoms with Crippen molar-refractivity contribution in [1.29, 1.82) is 0 Å². The summed E-state index contributed by atoms with van der Waals surface area (Å²) in [6.07, 6.45) is 6.73. The summed E-state index contributed by atoms with van der Waals surface area (Å²) in [6, 6.07) is 5.39. The van der Waals surface area contributed by atoms with Gasteiger partial charge in [-0.2, -0.15) is 0 Å². The van der Waals surface area contributed by atoms with E-state index in [0.29, 0.717) is 12.2 Å². The molecule has 2 N–H and O–H groups in total. The average Bonchev–Trinajstić information content (AvgIpc) is 3.23. The quantitative estimate of drug-likeness (QED) is 0.828. The Kier molecular flexibility index (Phi) is 3.70. The molecule has 0 aromatic heterocycles. The van der Waals surface area contributed by atoms with Gasteiger partial charge in [0.05, 0.1) is 6.61 Å². The van der Waals surface area contributed by atoms with Crippen molar-refractivity contribution in [3.05, 3.63) is 29.3 Å². The average molecular weight is 299 g/mol. The van der Waals surface area contributed by atoms with Gasteiger partial charge in [0.15, 0.2) is 0 Å². The molecule has 22 heavy (non-hydrogen) atoms. The Morgan fingerprint density at radius 2 is 2.27 bits per heavy atom. The predicted octanol–water partition coefficient (Wildman–Crippen LogP) is 1.46. The lowest BCUT2D eigenvalue weighted by atomic mass is 9.79. The van der Waals surface area contributed by atoms with Crippen LogP contribution in [-0.4, -0.2) is 24.6 Å². The van der Waals surface area contributed by atoms with E-state index in [1.165, 1.54) is 25.7 Å². The van der Waals surface area contributed by atoms with E-state index >= 15 is 0 Å². The number of nitrogens with one attached hydrogen (secondary N) is 1. The lowest BCUT2D eigenvalue weighted by Gasteiger charge is -2.21. The molecule has 116 valence electrons. The SMILES string of the molecule is O=C(NCCC1CC2CCC1C2)c1ccc2c(c1)COB2O. The minimum Gasteiger partial charge on any atom is -0.423 e. The molecule has 0 radical (unpaired) electrons. The van der Waals surface area contributed by atoms with Crippen molar-refractivity contribution in [3.63, 3.8) is 0 Å². The fourth-order valence-electron chi connectivity index (χ4n) is 4.57. The van der Waals surface area contributed by atoms with Crippen molar-refractivity contribution in [1.82, 2.24) is 5.32 Å². The number of fused-ring (bicyclic) bond motifs is 3. The first-order valence-corrected chi connectivity index (χ1v) is 8.41. The van der Waals surface area contributed by atoms with Gasteiger partial charge >= 0.3 is 7.12 Å². The van der Waals surface area contributed by atoms with Gasteiger partial charge < -0.3 is 15.0 Å². The molecule has 2 bridgehead atoms. The first kappa shape index (κ1) is 14.3. The zero-order valence-corrected chi connectivity index (χ0v) is 12.8. The summed E-state index contributed by atoms with van der Waals surface area (Å²) in [5.41, 5.74) is 2.34. The van der Waals surface area contributed by atoms with Gasteiger partial charge in [-0.1, -0.05) is 12.5 Å². The number of amides is 1. The highest BCUT2D eigenvalue weighted by Gasteiger charge is 2.38. The second kappa shape index (κ2) is 5.71. The van der Waals surface area contributed by atoms with E-state index in [2.05, 4.69) is 5.32 Å². The highest BCUT2D eigenvalue weighted by molar-refractivity contribution is 6.61. The number of carbonyl (C=O) groups is 1. The third kappa shape index (κ3) is 2.57. The van der Waals surface area contributed by atoms with Gasteiger partial charge in [-0.25, -0.2) is 0 Å². The van der Waals surface area contributed by atoms with Crippen LogP contribution in [0, 0.1) is 17.8 Å². The Labute approximate surface area is 131 Å². The summed E-state index contributed by atoms with van der Waals surface area (Å²) in [4.78, 5) is 12.2. The molecule has 1 aromatic carbocycles. The largest absolute Gasteiger partial charge is 0.491 e. The maximum atomic E-state index is 12.2. The number of carbonyl (C=O) groups excluding carboxylic acids is 1. The van der Waals surface area contributed by atoms with E-state index in [1.807, 2.05) is 6.07 Å². The minimum atomic E-state index is -0.843. The van der Waals surface area contributed by atoms with Crippen LogP contribution in [-0.2, 0) is 11.3 Å². The zero-order chi connectivity index (χ0) is 15.1. The topological polar surface area (TPSA) is 58.6 Å². The van der Waals surface area contributed by atoms with E-state index < -0.39 is 7.12 Å². The Balaban J connectivity index is 1.31. The van der Waals surface area contributed by atoms with Gasteiger partial charge in [-0.15, -0.1) is 0 Å². The molecule has 1 amide bonds. The first-order chi connectivity index (χ1) is 10.7. The van der Waals surface area contributed by atoms with Gasteiger partial charge in [0.2, 0.25) is 0 Å². The van der Waals surface area contributed by atoms with E-state index in [1.54, 1.807) is 12.1 Å². The van der Waals surface area contributed by atoms with Crippen molar-refractivity contribution in [2.24, 2.45) is 17.8 Å². The van der Waals surface area contributed by atoms with E-state index in [9.17, 15) is 9.82 Å². The Bertz CT molecular complexity index is 591. The molecule has 3 atom stereocenters. The molecule has 3 unspecified atom stereocenters. The molecule has 2 fully saturated rings. The smallest absolute Gasteiger partial charge is 0.423 e. The van der Waals surface area contributed by atoms with Gasteiger partial charge in [-0.3, -0.25) is 4.79 Å². The lowest BCUT2D eigenvalue weighted by molar-refractivity contribution is 0.0949. The molecule has 5 heteroatoms. The van der Waals surface area contributed by atoms with Crippen LogP contribution in [0.3, 0.4) is 0 Å². The molecule has 1 aromatic rings. The number of rotatable bonds is 4. The van der Waals surface area contributed by atoms with Gasteiger partial charge in [0.1, 0.15) is 0 Å². The van der Waals surface area contributed by atoms with Crippen LogP contribution >= 0.6 is 0 Å². The van der Waals surface area contributed by atoms with Crippen LogP contribution in [0.15, 0.2) is 18.2 Å². The van der Waals surface area contributed by atoms with E-state index in [0.717, 1.165) is 41.7 Å². The molecule has 4 nitrogen and oxygen atoms in total. The van der Waals surface area contributed by atoms with Gasteiger partial charge in [-0.05, 0) is 66.6 Å². The standard InChI is InChI=1S/C17H22BNO3/c20-17(14-3-4-16-15(9-14)10-22-18(16)21)19-6-5-13-8-11-1-2-12(13)7-11/h3-4,9,11-13,21H,1-2,5-8,10H2,(H,19,20). The van der Waals surface area contributed by atoms with Crippen molar-refractivity contribution in [3.8, 4) is 0 Å². The molecule has 0 spiro atoms. The highest BCUT2D eigenvalue weighted by Crippen LogP contribution is 2.49. The summed E-state index contributed by atoms with van der Waals surface area (Å²) in [5.74, 6) is 2.68. The monoisotopic (exact) mass is 299 g/mol. The summed E-state index contributed by atoms with van der Waals surface area (Å²) in [6.45, 7) is 1.14. The molecular formula is C17H22BNO3. The molecule has 1 heterocycles. The maximum absolute atomic E-state index is 12.2. The number of hydrogen-bond acceptors (Lipinski definition) is 3. The Morgan fingerprint density at radius 3 is 3.05 bits per heavy atom. The molecule has 4 rings (SSSR count). The highest BCUT2D eigenvalue weighted by atomic mass is 16.5. The Morgan fingerprint density at radius 1 is 1.36 bits per heavy atom. The van der Waals surface area contributed by atoms with Crippen molar-refractivity contribution >= 4 is 18.5 Å².